The van der Waals surface area contributed by atoms with E-state index < -0.39 is 7.12 Å². The minimum atomic E-state index is -0.870. The number of aromatic nitrogens is 1. The van der Waals surface area contributed by atoms with Crippen molar-refractivity contribution in [1.82, 2.24) is 4.98 Å². The third kappa shape index (κ3) is 3.75. The van der Waals surface area contributed by atoms with Crippen molar-refractivity contribution in [2.75, 3.05) is 6.61 Å². The van der Waals surface area contributed by atoms with E-state index in [0.717, 1.165) is 23.9 Å². The highest BCUT2D eigenvalue weighted by atomic mass is 16.5. The van der Waals surface area contributed by atoms with E-state index in [9.17, 15) is 9.82 Å². The fourth-order valence-electron chi connectivity index (χ4n) is 2.34. The summed E-state index contributed by atoms with van der Waals surface area (Å²) in [5.41, 5.74) is 2.03. The van der Waals surface area contributed by atoms with E-state index in [1.807, 2.05) is 6.92 Å². The largest absolute Gasteiger partial charge is 0.491 e. The number of nitrogens with zero attached hydrogens (tertiary/aromatic N) is 1. The topological polar surface area (TPSA) is 77.9 Å². The molecule has 0 saturated heterocycles. The maximum absolute atomic E-state index is 11.8. The van der Waals surface area contributed by atoms with Crippen molar-refractivity contribution < 1.29 is 23.9 Å². The highest BCUT2D eigenvalue weighted by Gasteiger charge is 2.27. The molecule has 0 aliphatic carbocycles. The summed E-state index contributed by atoms with van der Waals surface area (Å²) in [7, 11) is -0.870. The van der Waals surface area contributed by atoms with Crippen LogP contribution in [0.15, 0.2) is 36.5 Å². The lowest BCUT2D eigenvalue weighted by molar-refractivity contribution is 0.0499. The first-order valence-corrected chi connectivity index (χ1v) is 7.91. The predicted molar refractivity (Wildman–Crippen MR) is 88.3 cm³/mol. The Morgan fingerprint density at radius 2 is 2.25 bits per heavy atom. The Kier molecular flexibility index (Phi) is 5.13. The number of carbonyl (C=O) groups excluding carboxylic acids is 1. The van der Waals surface area contributed by atoms with Crippen molar-refractivity contribution in [3.63, 3.8) is 0 Å². The van der Waals surface area contributed by atoms with Gasteiger partial charge in [-0.2, -0.15) is 0 Å². The van der Waals surface area contributed by atoms with E-state index in [2.05, 4.69) is 4.98 Å². The molecule has 0 spiro atoms. The monoisotopic (exact) mass is 327 g/mol. The Morgan fingerprint density at radius 1 is 1.38 bits per heavy atom. The Bertz CT molecular complexity index is 719. The molecule has 1 aliphatic heterocycles. The van der Waals surface area contributed by atoms with E-state index in [4.69, 9.17) is 14.1 Å². The van der Waals surface area contributed by atoms with Crippen LogP contribution in [0.4, 0.5) is 0 Å². The van der Waals surface area contributed by atoms with E-state index in [1.165, 1.54) is 6.20 Å². The second-order valence-corrected chi connectivity index (χ2v) is 5.50. The molecule has 0 atom stereocenters. The maximum Gasteiger partial charge on any atom is 0.491 e. The molecule has 1 aromatic carbocycles. The molecule has 2 heterocycles. The van der Waals surface area contributed by atoms with Crippen LogP contribution in [0.2, 0.25) is 0 Å². The molecule has 124 valence electrons. The quantitative estimate of drug-likeness (QED) is 0.497. The molecule has 1 aliphatic rings. The van der Waals surface area contributed by atoms with Gasteiger partial charge in [0.05, 0.1) is 18.8 Å². The highest BCUT2D eigenvalue weighted by Crippen LogP contribution is 2.22. The zero-order valence-corrected chi connectivity index (χ0v) is 13.4. The van der Waals surface area contributed by atoms with Crippen LogP contribution < -0.4 is 10.2 Å². The van der Waals surface area contributed by atoms with Gasteiger partial charge in [0.1, 0.15) is 5.75 Å². The number of carbonyl (C=O) groups is 1. The molecule has 0 radical (unpaired) electrons. The molecule has 0 amide bonds. The lowest BCUT2D eigenvalue weighted by Gasteiger charge is -2.07. The van der Waals surface area contributed by atoms with E-state index in [1.54, 1.807) is 30.3 Å². The smallest absolute Gasteiger partial charge is 0.462 e. The maximum atomic E-state index is 11.8. The summed E-state index contributed by atoms with van der Waals surface area (Å²) in [5.74, 6) is 0.586. The average molecular weight is 327 g/mol. The van der Waals surface area contributed by atoms with Gasteiger partial charge in [-0.1, -0.05) is 19.4 Å². The first kappa shape index (κ1) is 16.5. The van der Waals surface area contributed by atoms with E-state index in [-0.39, 0.29) is 5.97 Å². The van der Waals surface area contributed by atoms with Gasteiger partial charge in [0.2, 0.25) is 5.88 Å². The fraction of sp³-hybridized carbons (Fsp3) is 0.294. The van der Waals surface area contributed by atoms with Crippen LogP contribution in [0.1, 0.15) is 35.7 Å². The molecule has 0 fully saturated rings. The van der Waals surface area contributed by atoms with Crippen LogP contribution in [-0.2, 0) is 16.0 Å². The molecular formula is C17H18BNO5. The molecule has 0 bridgehead atoms. The molecule has 3 rings (SSSR count). The van der Waals surface area contributed by atoms with Gasteiger partial charge in [-0.05, 0) is 35.6 Å². The third-order valence-electron chi connectivity index (χ3n) is 3.70. The number of hydrogen-bond acceptors (Lipinski definition) is 6. The number of unbranched alkanes of at least 4 members (excludes halogenated alkanes) is 1. The first-order chi connectivity index (χ1) is 11.7. The molecule has 0 saturated carbocycles. The van der Waals surface area contributed by atoms with Gasteiger partial charge in [0.25, 0.3) is 0 Å². The van der Waals surface area contributed by atoms with Gasteiger partial charge < -0.3 is 19.2 Å². The van der Waals surface area contributed by atoms with Crippen molar-refractivity contribution in [2.45, 2.75) is 26.4 Å². The number of fused-ring (bicyclic) bond motifs is 1. The van der Waals surface area contributed by atoms with Gasteiger partial charge >= 0.3 is 13.1 Å². The van der Waals surface area contributed by atoms with Crippen LogP contribution in [0.5, 0.6) is 11.6 Å². The molecule has 1 N–H and O–H groups in total. The second kappa shape index (κ2) is 7.46. The number of benzene rings is 1. The SMILES string of the molecule is CCCCOC(=O)c1ccc(Oc2ccc3c(c2)COB3O)nc1. The molecule has 24 heavy (non-hydrogen) atoms. The van der Waals surface area contributed by atoms with Crippen LogP contribution in [-0.4, -0.2) is 29.7 Å². The second-order valence-electron chi connectivity index (χ2n) is 5.50. The van der Waals surface area contributed by atoms with Crippen molar-refractivity contribution in [3.05, 3.63) is 47.7 Å². The summed E-state index contributed by atoms with van der Waals surface area (Å²) >= 11 is 0. The highest BCUT2D eigenvalue weighted by molar-refractivity contribution is 6.61. The summed E-state index contributed by atoms with van der Waals surface area (Å²) < 4.78 is 15.9. The lowest BCUT2D eigenvalue weighted by atomic mass is 9.80. The zero-order chi connectivity index (χ0) is 16.9. The van der Waals surface area contributed by atoms with Crippen molar-refractivity contribution in [3.8, 4) is 11.6 Å². The predicted octanol–water partition coefficient (Wildman–Crippen LogP) is 2.05. The Morgan fingerprint density at radius 3 is 3.00 bits per heavy atom. The van der Waals surface area contributed by atoms with Gasteiger partial charge in [-0.3, -0.25) is 0 Å². The number of rotatable bonds is 6. The van der Waals surface area contributed by atoms with Crippen molar-refractivity contribution >= 4 is 18.6 Å². The Hall–Kier alpha value is -2.38. The molecule has 2 aromatic rings. The molecule has 6 nitrogen and oxygen atoms in total. The summed E-state index contributed by atoms with van der Waals surface area (Å²) in [5, 5.41) is 9.60. The normalized spacial score (nSPS) is 12.8. The van der Waals surface area contributed by atoms with Gasteiger partial charge in [0, 0.05) is 12.3 Å². The standard InChI is InChI=1S/C17H18BNO5/c1-2-3-8-22-17(20)12-4-7-16(19-10-12)24-14-5-6-15-13(9-14)11-23-18(15)21/h4-7,9-10,21H,2-3,8,11H2,1H3. The van der Waals surface area contributed by atoms with Crippen LogP contribution in [0, 0.1) is 0 Å². The number of esters is 1. The van der Waals surface area contributed by atoms with Crippen LogP contribution in [0.25, 0.3) is 0 Å². The summed E-state index contributed by atoms with van der Waals surface area (Å²) in [6, 6.07) is 8.55. The Labute approximate surface area is 140 Å². The molecule has 1 aromatic heterocycles. The molecular weight excluding hydrogens is 309 g/mol. The van der Waals surface area contributed by atoms with Gasteiger partial charge in [-0.15, -0.1) is 0 Å². The van der Waals surface area contributed by atoms with Crippen molar-refractivity contribution in [2.24, 2.45) is 0 Å². The summed E-state index contributed by atoms with van der Waals surface area (Å²) in [4.78, 5) is 15.9. The van der Waals surface area contributed by atoms with Gasteiger partial charge in [0.15, 0.2) is 0 Å². The fourth-order valence-corrected chi connectivity index (χ4v) is 2.34. The van der Waals surface area contributed by atoms with Crippen molar-refractivity contribution in [1.29, 1.82) is 0 Å². The third-order valence-corrected chi connectivity index (χ3v) is 3.70. The van der Waals surface area contributed by atoms with E-state index in [0.29, 0.717) is 30.4 Å². The number of hydrogen-bond donors (Lipinski definition) is 1. The van der Waals surface area contributed by atoms with E-state index >= 15 is 0 Å². The first-order valence-electron chi connectivity index (χ1n) is 7.91. The Balaban J connectivity index is 1.63. The average Bonchev–Trinajstić information content (AvgIpc) is 2.96. The minimum absolute atomic E-state index is 0.351. The minimum Gasteiger partial charge on any atom is -0.462 e. The van der Waals surface area contributed by atoms with Gasteiger partial charge in [-0.25, -0.2) is 9.78 Å². The molecule has 0 unspecified atom stereocenters. The number of ether oxygens (including phenoxy) is 2. The molecule has 7 heteroatoms. The zero-order valence-electron chi connectivity index (χ0n) is 13.4. The van der Waals surface area contributed by atoms with Crippen LogP contribution in [0.3, 0.4) is 0 Å². The summed E-state index contributed by atoms with van der Waals surface area (Å²) in [6.45, 7) is 2.80. The van der Waals surface area contributed by atoms with Crippen LogP contribution >= 0.6 is 0 Å². The summed E-state index contributed by atoms with van der Waals surface area (Å²) in [6.07, 6.45) is 3.25. The lowest BCUT2D eigenvalue weighted by Crippen LogP contribution is -2.27. The number of pyridine rings is 1.